The molecule has 4 nitrogen and oxygen atoms in total. The Morgan fingerprint density at radius 1 is 1.46 bits per heavy atom. The second-order valence-corrected chi connectivity index (χ2v) is 2.93. The first kappa shape index (κ1) is 7.91. The Morgan fingerprint density at radius 2 is 2.23 bits per heavy atom. The first-order chi connectivity index (χ1) is 6.20. The second-order valence-electron chi connectivity index (χ2n) is 2.93. The zero-order valence-electron chi connectivity index (χ0n) is 7.48. The quantitative estimate of drug-likeness (QED) is 0.590. The highest BCUT2D eigenvalue weighted by molar-refractivity contribution is 5.73. The fourth-order valence-electron chi connectivity index (χ4n) is 1.31. The van der Waals surface area contributed by atoms with Crippen molar-refractivity contribution < 1.29 is 0 Å². The van der Waals surface area contributed by atoms with E-state index in [1.165, 1.54) is 0 Å². The van der Waals surface area contributed by atoms with Gasteiger partial charge in [-0.1, -0.05) is 0 Å². The van der Waals surface area contributed by atoms with Crippen molar-refractivity contribution in [2.24, 2.45) is 7.05 Å². The molecule has 0 unspecified atom stereocenters. The zero-order valence-corrected chi connectivity index (χ0v) is 7.48. The first-order valence-electron chi connectivity index (χ1n) is 3.97. The molecule has 2 heterocycles. The third-order valence-corrected chi connectivity index (χ3v) is 2.04. The number of pyridine rings is 1. The van der Waals surface area contributed by atoms with Gasteiger partial charge in [0.15, 0.2) is 0 Å². The predicted octanol–water partition coefficient (Wildman–Crippen LogP) is 0.637. The van der Waals surface area contributed by atoms with E-state index in [1.54, 1.807) is 37.0 Å². The van der Waals surface area contributed by atoms with Crippen molar-refractivity contribution in [1.29, 1.82) is 0 Å². The SMILES string of the molecule is Cc1nc2ccncc2n(C)c1=O. The summed E-state index contributed by atoms with van der Waals surface area (Å²) < 4.78 is 1.56. The molecular formula is C9H9N3O. The Bertz CT molecular complexity index is 516. The largest absolute Gasteiger partial charge is 0.307 e. The fraction of sp³-hybridized carbons (Fsp3) is 0.222. The molecule has 66 valence electrons. The normalized spacial score (nSPS) is 10.6. The molecule has 0 aliphatic rings. The van der Waals surface area contributed by atoms with Gasteiger partial charge in [0.25, 0.3) is 5.56 Å². The van der Waals surface area contributed by atoms with Crippen molar-refractivity contribution in [3.63, 3.8) is 0 Å². The maximum atomic E-state index is 11.5. The molecule has 0 aliphatic heterocycles. The summed E-state index contributed by atoms with van der Waals surface area (Å²) in [5.41, 5.74) is 2.01. The average Bonchev–Trinajstić information content (AvgIpc) is 2.15. The Labute approximate surface area is 74.9 Å². The monoisotopic (exact) mass is 175 g/mol. The van der Waals surface area contributed by atoms with Crippen molar-refractivity contribution in [3.05, 3.63) is 34.5 Å². The summed E-state index contributed by atoms with van der Waals surface area (Å²) in [5, 5.41) is 0. The Morgan fingerprint density at radius 3 is 3.00 bits per heavy atom. The van der Waals surface area contributed by atoms with Crippen LogP contribution in [0.1, 0.15) is 5.69 Å². The highest BCUT2D eigenvalue weighted by Gasteiger charge is 2.03. The molecule has 2 rings (SSSR count). The topological polar surface area (TPSA) is 47.8 Å². The lowest BCUT2D eigenvalue weighted by Gasteiger charge is -2.03. The van der Waals surface area contributed by atoms with E-state index in [0.29, 0.717) is 5.69 Å². The van der Waals surface area contributed by atoms with Gasteiger partial charge in [-0.05, 0) is 13.0 Å². The first-order valence-corrected chi connectivity index (χ1v) is 3.97. The Hall–Kier alpha value is -1.71. The molecular weight excluding hydrogens is 166 g/mol. The highest BCUT2D eigenvalue weighted by Crippen LogP contribution is 2.05. The van der Waals surface area contributed by atoms with Gasteiger partial charge in [-0.15, -0.1) is 0 Å². The van der Waals surface area contributed by atoms with Crippen molar-refractivity contribution in [3.8, 4) is 0 Å². The van der Waals surface area contributed by atoms with Gasteiger partial charge in [0.1, 0.15) is 5.69 Å². The highest BCUT2D eigenvalue weighted by atomic mass is 16.1. The number of aromatic nitrogens is 3. The number of rotatable bonds is 0. The Balaban J connectivity index is 3.02. The molecule has 0 saturated carbocycles. The molecule has 2 aromatic heterocycles. The van der Waals surface area contributed by atoms with E-state index in [9.17, 15) is 4.79 Å². The molecule has 0 saturated heterocycles. The Kier molecular flexibility index (Phi) is 1.62. The van der Waals surface area contributed by atoms with Crippen molar-refractivity contribution in [2.45, 2.75) is 6.92 Å². The van der Waals surface area contributed by atoms with Gasteiger partial charge in [-0.2, -0.15) is 0 Å². The predicted molar refractivity (Wildman–Crippen MR) is 49.5 cm³/mol. The maximum absolute atomic E-state index is 11.5. The average molecular weight is 175 g/mol. The van der Waals surface area contributed by atoms with Gasteiger partial charge in [-0.25, -0.2) is 4.98 Å². The minimum Gasteiger partial charge on any atom is -0.307 e. The molecule has 2 aromatic rings. The lowest BCUT2D eigenvalue weighted by molar-refractivity contribution is 0.869. The van der Waals surface area contributed by atoms with Crippen LogP contribution in [-0.2, 0) is 7.05 Å². The van der Waals surface area contributed by atoms with E-state index in [-0.39, 0.29) is 5.56 Å². The summed E-state index contributed by atoms with van der Waals surface area (Å²) in [7, 11) is 1.72. The van der Waals surface area contributed by atoms with Crippen molar-refractivity contribution in [2.75, 3.05) is 0 Å². The summed E-state index contributed by atoms with van der Waals surface area (Å²) >= 11 is 0. The van der Waals surface area contributed by atoms with Gasteiger partial charge in [0, 0.05) is 13.2 Å². The van der Waals surface area contributed by atoms with E-state index >= 15 is 0 Å². The maximum Gasteiger partial charge on any atom is 0.272 e. The van der Waals surface area contributed by atoms with Crippen LogP contribution >= 0.6 is 0 Å². The lowest BCUT2D eigenvalue weighted by Crippen LogP contribution is -2.21. The molecule has 13 heavy (non-hydrogen) atoms. The van der Waals surface area contributed by atoms with Crippen molar-refractivity contribution >= 4 is 11.0 Å². The second kappa shape index (κ2) is 2.65. The zero-order chi connectivity index (χ0) is 9.42. The van der Waals surface area contributed by atoms with Gasteiger partial charge in [0.05, 0.1) is 17.2 Å². The smallest absolute Gasteiger partial charge is 0.272 e. The van der Waals surface area contributed by atoms with Gasteiger partial charge in [0.2, 0.25) is 0 Å². The molecule has 0 aromatic carbocycles. The fourth-order valence-corrected chi connectivity index (χ4v) is 1.31. The van der Waals surface area contributed by atoms with E-state index in [2.05, 4.69) is 9.97 Å². The summed E-state index contributed by atoms with van der Waals surface area (Å²) in [5.74, 6) is 0. The number of hydrogen-bond acceptors (Lipinski definition) is 3. The van der Waals surface area contributed by atoms with Crippen molar-refractivity contribution in [1.82, 2.24) is 14.5 Å². The van der Waals surface area contributed by atoms with Crippen LogP contribution in [0.25, 0.3) is 11.0 Å². The lowest BCUT2D eigenvalue weighted by atomic mass is 10.3. The minimum atomic E-state index is -0.0690. The minimum absolute atomic E-state index is 0.0690. The molecule has 0 fully saturated rings. The molecule has 4 heteroatoms. The van der Waals surface area contributed by atoms with Crippen LogP contribution < -0.4 is 5.56 Å². The van der Waals surface area contributed by atoms with Gasteiger partial charge < -0.3 is 4.57 Å². The molecule has 0 amide bonds. The van der Waals surface area contributed by atoms with Crippen LogP contribution in [0.3, 0.4) is 0 Å². The number of nitrogens with zero attached hydrogens (tertiary/aromatic N) is 3. The third-order valence-electron chi connectivity index (χ3n) is 2.04. The summed E-state index contributed by atoms with van der Waals surface area (Å²) in [4.78, 5) is 19.6. The van der Waals surface area contributed by atoms with Crippen LogP contribution in [0, 0.1) is 6.92 Å². The van der Waals surface area contributed by atoms with E-state index in [4.69, 9.17) is 0 Å². The number of fused-ring (bicyclic) bond motifs is 1. The van der Waals surface area contributed by atoms with Crippen LogP contribution in [-0.4, -0.2) is 14.5 Å². The molecule has 0 atom stereocenters. The summed E-state index contributed by atoms with van der Waals surface area (Å²) in [6.45, 7) is 1.71. The van der Waals surface area contributed by atoms with E-state index < -0.39 is 0 Å². The standard InChI is InChI=1S/C9H9N3O/c1-6-9(13)12(2)8-5-10-4-3-7(8)11-6/h3-5H,1-2H3. The summed E-state index contributed by atoms with van der Waals surface area (Å²) in [6, 6.07) is 1.79. The van der Waals surface area contributed by atoms with Gasteiger partial charge >= 0.3 is 0 Å². The van der Waals surface area contributed by atoms with Gasteiger partial charge in [-0.3, -0.25) is 9.78 Å². The molecule has 0 radical (unpaired) electrons. The van der Waals surface area contributed by atoms with E-state index in [0.717, 1.165) is 11.0 Å². The van der Waals surface area contributed by atoms with Crippen LogP contribution in [0.15, 0.2) is 23.3 Å². The third kappa shape index (κ3) is 1.11. The van der Waals surface area contributed by atoms with Crippen LogP contribution in [0.4, 0.5) is 0 Å². The molecule has 0 bridgehead atoms. The molecule has 0 spiro atoms. The number of aryl methyl sites for hydroxylation is 2. The van der Waals surface area contributed by atoms with Crippen LogP contribution in [0.2, 0.25) is 0 Å². The number of hydrogen-bond donors (Lipinski definition) is 0. The molecule has 0 aliphatic carbocycles. The van der Waals surface area contributed by atoms with E-state index in [1.807, 2.05) is 0 Å². The summed E-state index contributed by atoms with van der Waals surface area (Å²) in [6.07, 6.45) is 3.31. The molecule has 0 N–H and O–H groups in total. The van der Waals surface area contributed by atoms with Crippen LogP contribution in [0.5, 0.6) is 0 Å².